The zero-order valence-electron chi connectivity index (χ0n) is 10.7. The predicted octanol–water partition coefficient (Wildman–Crippen LogP) is 1.48. The molecule has 1 rings (SSSR count). The average Bonchev–Trinajstić information content (AvgIpc) is 2.65. The van der Waals surface area contributed by atoms with Crippen molar-refractivity contribution in [1.29, 1.82) is 0 Å². The molecule has 0 aromatic heterocycles. The summed E-state index contributed by atoms with van der Waals surface area (Å²) in [7, 11) is -8.07. The summed E-state index contributed by atoms with van der Waals surface area (Å²) in [4.78, 5) is 17.7. The van der Waals surface area contributed by atoms with E-state index in [4.69, 9.17) is 9.79 Å². The highest BCUT2D eigenvalue weighted by molar-refractivity contribution is 7.91. The first kappa shape index (κ1) is 16.1. The largest absolute Gasteiger partial charge is 0.469 e. The van der Waals surface area contributed by atoms with E-state index >= 15 is 0 Å². The Morgan fingerprint density at radius 1 is 1.33 bits per heavy atom. The smallest absolute Gasteiger partial charge is 0.303 e. The zero-order valence-corrected chi connectivity index (χ0v) is 12.4. The highest BCUT2D eigenvalue weighted by atomic mass is 32.2. The van der Waals surface area contributed by atoms with Gasteiger partial charge in [-0.1, -0.05) is 19.8 Å². The van der Waals surface area contributed by atoms with E-state index in [1.165, 1.54) is 0 Å². The molecule has 0 aromatic rings. The minimum atomic E-state index is -4.67. The maximum Gasteiger partial charge on any atom is 0.469 e. The number of hydrogen-bond acceptors (Lipinski definition) is 4. The van der Waals surface area contributed by atoms with Gasteiger partial charge in [0.25, 0.3) is 0 Å². The van der Waals surface area contributed by atoms with Crippen LogP contribution >= 0.6 is 7.82 Å². The second kappa shape index (κ2) is 6.01. The molecule has 1 saturated carbocycles. The summed E-state index contributed by atoms with van der Waals surface area (Å²) in [6, 6.07) is 0. The van der Waals surface area contributed by atoms with Crippen molar-refractivity contribution in [1.82, 2.24) is 0 Å². The Balaban J connectivity index is 2.96. The molecule has 0 heterocycles. The van der Waals surface area contributed by atoms with Crippen LogP contribution in [0.3, 0.4) is 0 Å². The van der Waals surface area contributed by atoms with E-state index < -0.39 is 29.0 Å². The lowest BCUT2D eigenvalue weighted by molar-refractivity contribution is 0.113. The summed E-state index contributed by atoms with van der Waals surface area (Å²) in [5.41, 5.74) is 0. The van der Waals surface area contributed by atoms with Gasteiger partial charge in [-0.05, 0) is 25.2 Å². The van der Waals surface area contributed by atoms with Crippen molar-refractivity contribution in [3.8, 4) is 0 Å². The van der Waals surface area contributed by atoms with E-state index in [0.717, 1.165) is 31.9 Å². The molecule has 2 unspecified atom stereocenters. The molecule has 0 bridgehead atoms. The first-order valence-electron chi connectivity index (χ1n) is 6.08. The standard InChI is InChI=1S/C10H21O6PS/c1-3-9(16-17(11,12)13)10(18(2,14)15)8-6-4-5-7-8/h8-10H,3-7H2,1-2H3,(H2,11,12,13). The number of phosphoric acid groups is 1. The molecule has 0 aromatic carbocycles. The molecule has 1 fully saturated rings. The van der Waals surface area contributed by atoms with Crippen LogP contribution in [-0.2, 0) is 18.9 Å². The summed E-state index contributed by atoms with van der Waals surface area (Å²) in [6.45, 7) is 1.67. The fourth-order valence-corrected chi connectivity index (χ4v) is 5.24. The normalized spacial score (nSPS) is 22.0. The van der Waals surface area contributed by atoms with Crippen molar-refractivity contribution >= 4 is 17.7 Å². The lowest BCUT2D eigenvalue weighted by Gasteiger charge is -2.29. The molecule has 0 aliphatic heterocycles. The molecule has 2 atom stereocenters. The van der Waals surface area contributed by atoms with Crippen molar-refractivity contribution in [2.75, 3.05) is 6.26 Å². The minimum Gasteiger partial charge on any atom is -0.303 e. The fraction of sp³-hybridized carbons (Fsp3) is 1.00. The molecule has 8 heteroatoms. The average molecular weight is 300 g/mol. The Hall–Kier alpha value is 0.0600. The van der Waals surface area contributed by atoms with Gasteiger partial charge in [0, 0.05) is 6.26 Å². The molecule has 6 nitrogen and oxygen atoms in total. The molecular formula is C10H21O6PS. The Labute approximate surface area is 108 Å². The van der Waals surface area contributed by atoms with Gasteiger partial charge >= 0.3 is 7.82 Å². The Morgan fingerprint density at radius 3 is 2.17 bits per heavy atom. The monoisotopic (exact) mass is 300 g/mol. The SMILES string of the molecule is CCC(OP(=O)(O)O)C(C1CCCC1)S(C)(=O)=O. The van der Waals surface area contributed by atoms with Crippen LogP contribution in [0.15, 0.2) is 0 Å². The molecule has 0 saturated heterocycles. The second-order valence-electron chi connectivity index (χ2n) is 4.88. The number of hydrogen-bond donors (Lipinski definition) is 2. The van der Waals surface area contributed by atoms with Gasteiger partial charge in [-0.3, -0.25) is 4.52 Å². The van der Waals surface area contributed by atoms with E-state index in [1.54, 1.807) is 6.92 Å². The van der Waals surface area contributed by atoms with Crippen molar-refractivity contribution in [3.05, 3.63) is 0 Å². The van der Waals surface area contributed by atoms with Crippen LogP contribution in [0.1, 0.15) is 39.0 Å². The van der Waals surface area contributed by atoms with Crippen LogP contribution in [-0.4, -0.2) is 35.8 Å². The van der Waals surface area contributed by atoms with Gasteiger partial charge in [-0.25, -0.2) is 13.0 Å². The van der Waals surface area contributed by atoms with Gasteiger partial charge in [0.15, 0.2) is 9.84 Å². The maximum absolute atomic E-state index is 11.9. The highest BCUT2D eigenvalue weighted by Crippen LogP contribution is 2.43. The molecule has 2 N–H and O–H groups in total. The molecular weight excluding hydrogens is 279 g/mol. The molecule has 0 radical (unpaired) electrons. The summed E-state index contributed by atoms with van der Waals surface area (Å²) in [6.07, 6.45) is 3.91. The second-order valence-corrected chi connectivity index (χ2v) is 8.28. The van der Waals surface area contributed by atoms with E-state index in [1.807, 2.05) is 0 Å². The molecule has 0 spiro atoms. The van der Waals surface area contributed by atoms with Crippen molar-refractivity contribution < 1.29 is 27.3 Å². The summed E-state index contributed by atoms with van der Waals surface area (Å²) >= 11 is 0. The molecule has 1 aliphatic carbocycles. The van der Waals surface area contributed by atoms with Gasteiger partial charge in [-0.15, -0.1) is 0 Å². The van der Waals surface area contributed by atoms with Crippen LogP contribution in [0, 0.1) is 5.92 Å². The zero-order chi connectivity index (χ0) is 14.0. The minimum absolute atomic E-state index is 0.0588. The fourth-order valence-electron chi connectivity index (χ4n) is 2.76. The summed E-state index contributed by atoms with van der Waals surface area (Å²) in [5, 5.41) is -0.822. The molecule has 1 aliphatic rings. The third-order valence-electron chi connectivity index (χ3n) is 3.40. The lowest BCUT2D eigenvalue weighted by atomic mass is 9.98. The van der Waals surface area contributed by atoms with Crippen LogP contribution in [0.5, 0.6) is 0 Å². The van der Waals surface area contributed by atoms with Gasteiger partial charge in [0.1, 0.15) is 0 Å². The van der Waals surface area contributed by atoms with Crippen LogP contribution in [0.2, 0.25) is 0 Å². The van der Waals surface area contributed by atoms with Crippen LogP contribution in [0.4, 0.5) is 0 Å². The molecule has 18 heavy (non-hydrogen) atoms. The van der Waals surface area contributed by atoms with Crippen LogP contribution in [0.25, 0.3) is 0 Å². The Bertz CT molecular complexity index is 408. The lowest BCUT2D eigenvalue weighted by Crippen LogP contribution is -2.40. The number of sulfone groups is 1. The van der Waals surface area contributed by atoms with E-state index in [-0.39, 0.29) is 12.3 Å². The van der Waals surface area contributed by atoms with Gasteiger partial charge in [0.05, 0.1) is 11.4 Å². The third-order valence-corrected chi connectivity index (χ3v) is 5.62. The molecule has 0 amide bonds. The van der Waals surface area contributed by atoms with Crippen molar-refractivity contribution in [2.45, 2.75) is 50.4 Å². The highest BCUT2D eigenvalue weighted by Gasteiger charge is 2.40. The van der Waals surface area contributed by atoms with E-state index in [0.29, 0.717) is 0 Å². The topological polar surface area (TPSA) is 101 Å². The molecule has 108 valence electrons. The van der Waals surface area contributed by atoms with E-state index in [2.05, 4.69) is 4.52 Å². The predicted molar refractivity (Wildman–Crippen MR) is 67.8 cm³/mol. The Morgan fingerprint density at radius 2 is 1.83 bits per heavy atom. The third kappa shape index (κ3) is 4.63. The maximum atomic E-state index is 11.9. The van der Waals surface area contributed by atoms with Crippen LogP contribution < -0.4 is 0 Å². The number of phosphoric ester groups is 1. The summed E-state index contributed by atoms with van der Waals surface area (Å²) < 4.78 is 39.3. The van der Waals surface area contributed by atoms with Crippen molar-refractivity contribution in [2.24, 2.45) is 5.92 Å². The van der Waals surface area contributed by atoms with Gasteiger partial charge in [-0.2, -0.15) is 0 Å². The van der Waals surface area contributed by atoms with Gasteiger partial charge < -0.3 is 9.79 Å². The van der Waals surface area contributed by atoms with Gasteiger partial charge in [0.2, 0.25) is 0 Å². The van der Waals surface area contributed by atoms with E-state index in [9.17, 15) is 13.0 Å². The number of rotatable bonds is 6. The quantitative estimate of drug-likeness (QED) is 0.720. The van der Waals surface area contributed by atoms with Crippen molar-refractivity contribution in [3.63, 3.8) is 0 Å². The Kier molecular flexibility index (Phi) is 5.38. The first-order chi connectivity index (χ1) is 8.15. The first-order valence-corrected chi connectivity index (χ1v) is 9.56. The summed E-state index contributed by atoms with van der Waals surface area (Å²) in [5.74, 6) is -0.0588.